The van der Waals surface area contributed by atoms with Crippen molar-refractivity contribution in [2.24, 2.45) is 5.92 Å². The molecule has 2 bridgehead atoms. The third-order valence-corrected chi connectivity index (χ3v) is 11.7. The predicted molar refractivity (Wildman–Crippen MR) is 192 cm³/mol. The van der Waals surface area contributed by atoms with Gasteiger partial charge in [-0.3, -0.25) is 19.3 Å². The van der Waals surface area contributed by atoms with Gasteiger partial charge in [0.05, 0.1) is 6.04 Å². The number of piperidine rings is 1. The molecule has 50 heavy (non-hydrogen) atoms. The molecule has 3 aromatic carbocycles. The molecule has 1 spiro atoms. The number of ether oxygens (including phenoxy) is 2. The number of carbonyl (C=O) groups is 3. The zero-order valence-corrected chi connectivity index (χ0v) is 29.0. The highest BCUT2D eigenvalue weighted by molar-refractivity contribution is 5.96. The van der Waals surface area contributed by atoms with Crippen LogP contribution in [-0.4, -0.2) is 70.4 Å². The number of likely N-dealkylation sites (tertiary alicyclic amines) is 1. The summed E-state index contributed by atoms with van der Waals surface area (Å²) >= 11 is 0. The van der Waals surface area contributed by atoms with Crippen LogP contribution in [-0.2, 0) is 27.8 Å². The molecule has 3 aromatic rings. The number of unbranched alkanes of at least 4 members (excludes halogenated alkanes) is 1. The number of aryl methyl sites for hydroxylation is 1. The van der Waals surface area contributed by atoms with E-state index in [1.165, 1.54) is 18.6 Å². The third kappa shape index (κ3) is 6.23. The van der Waals surface area contributed by atoms with Crippen molar-refractivity contribution in [1.29, 1.82) is 0 Å². The smallest absolute Gasteiger partial charge is 0.308 e. The molecular weight excluding hydrogens is 628 g/mol. The molecule has 8 nitrogen and oxygen atoms in total. The number of amides is 1. The summed E-state index contributed by atoms with van der Waals surface area (Å²) in [7, 11) is 0. The second-order valence-electron chi connectivity index (χ2n) is 14.5. The maximum Gasteiger partial charge on any atom is 0.308 e. The Hall–Kier alpha value is -4.43. The number of esters is 1. The van der Waals surface area contributed by atoms with E-state index in [1.807, 2.05) is 54.6 Å². The molecule has 0 radical (unpaired) electrons. The molecule has 1 saturated heterocycles. The van der Waals surface area contributed by atoms with Gasteiger partial charge in [0.25, 0.3) is 0 Å². The van der Waals surface area contributed by atoms with Gasteiger partial charge in [-0.15, -0.1) is 6.58 Å². The van der Waals surface area contributed by atoms with E-state index < -0.39 is 11.4 Å². The van der Waals surface area contributed by atoms with Crippen LogP contribution in [0.1, 0.15) is 85.3 Å². The van der Waals surface area contributed by atoms with Gasteiger partial charge in [-0.05, 0) is 69.4 Å². The normalized spacial score (nSPS) is 24.5. The molecule has 7 rings (SSSR count). The first-order chi connectivity index (χ1) is 24.3. The second kappa shape index (κ2) is 14.4. The standard InChI is InChI=1S/C42H48N2O6/c1-3-23-43-25-22-42-32-20-21-33(41(42)50-40-37(49-28(2)45)27-36(47)31(39(40)42)26-34(32)43)44(24-12-15-29-13-6-4-7-14-29)38(48)19-11-10-18-35(46)30-16-8-5-9-17-30/h3-9,13-14,16-17,27,32-34,41,47H,1,10-12,15,18-26H2,2H3/t32-,33+,34+,41-,42-/m0/s1. The SMILES string of the molecule is C=CCN1CC[C@]23c4c5c(O)cc(OC(C)=O)c4O[C@H]2[C@H](N(CCCc2ccccc2)C(=O)CCCCC(=O)c2ccccc2)CC[C@H]3[C@H]1C5. The first-order valence-corrected chi connectivity index (χ1v) is 18.3. The summed E-state index contributed by atoms with van der Waals surface area (Å²) < 4.78 is 12.7. The zero-order chi connectivity index (χ0) is 34.8. The lowest BCUT2D eigenvalue weighted by molar-refractivity contribution is -0.142. The topological polar surface area (TPSA) is 96.4 Å². The van der Waals surface area contributed by atoms with Crippen molar-refractivity contribution in [2.75, 3.05) is 19.6 Å². The summed E-state index contributed by atoms with van der Waals surface area (Å²) in [5.41, 5.74) is 3.39. The predicted octanol–water partition coefficient (Wildman–Crippen LogP) is 6.82. The van der Waals surface area contributed by atoms with Crippen molar-refractivity contribution in [2.45, 2.75) is 94.7 Å². The Balaban J connectivity index is 1.18. The monoisotopic (exact) mass is 676 g/mol. The van der Waals surface area contributed by atoms with Crippen molar-refractivity contribution in [3.8, 4) is 17.2 Å². The number of aromatic hydroxyl groups is 1. The minimum Gasteiger partial charge on any atom is -0.508 e. The Labute approximate surface area is 295 Å². The van der Waals surface area contributed by atoms with Crippen LogP contribution < -0.4 is 9.47 Å². The molecule has 262 valence electrons. The van der Waals surface area contributed by atoms with Crippen LogP contribution in [0.15, 0.2) is 79.4 Å². The number of rotatable bonds is 14. The molecule has 2 aliphatic heterocycles. The summed E-state index contributed by atoms with van der Waals surface area (Å²) in [6.07, 6.45) is 8.58. The van der Waals surface area contributed by atoms with E-state index in [0.717, 1.165) is 56.3 Å². The molecule has 2 fully saturated rings. The Morgan fingerprint density at radius 3 is 2.52 bits per heavy atom. The zero-order valence-electron chi connectivity index (χ0n) is 29.0. The second-order valence-corrected chi connectivity index (χ2v) is 14.5. The Kier molecular flexibility index (Phi) is 9.82. The minimum absolute atomic E-state index is 0.0874. The van der Waals surface area contributed by atoms with Gasteiger partial charge >= 0.3 is 5.97 Å². The molecule has 4 aliphatic rings. The first-order valence-electron chi connectivity index (χ1n) is 18.3. The van der Waals surface area contributed by atoms with E-state index in [1.54, 1.807) is 0 Å². The number of benzene rings is 3. The van der Waals surface area contributed by atoms with Crippen molar-refractivity contribution >= 4 is 17.7 Å². The highest BCUT2D eigenvalue weighted by atomic mass is 16.6. The summed E-state index contributed by atoms with van der Waals surface area (Å²) in [6.45, 7) is 7.61. The Morgan fingerprint density at radius 1 is 1.04 bits per heavy atom. The van der Waals surface area contributed by atoms with E-state index in [2.05, 4.69) is 28.5 Å². The van der Waals surface area contributed by atoms with Crippen molar-refractivity contribution in [3.05, 3.63) is 102 Å². The van der Waals surface area contributed by atoms with Crippen LogP contribution in [0.4, 0.5) is 0 Å². The van der Waals surface area contributed by atoms with Crippen molar-refractivity contribution < 1.29 is 29.0 Å². The molecular formula is C42H48N2O6. The largest absolute Gasteiger partial charge is 0.508 e. The summed E-state index contributed by atoms with van der Waals surface area (Å²) in [4.78, 5) is 43.9. The summed E-state index contributed by atoms with van der Waals surface area (Å²) in [5.74, 6) is 0.934. The number of phenols is 1. The number of ketones is 1. The van der Waals surface area contributed by atoms with Crippen molar-refractivity contribution in [3.63, 3.8) is 0 Å². The molecule has 5 atom stereocenters. The fraction of sp³-hybridized carbons (Fsp3) is 0.452. The van der Waals surface area contributed by atoms with E-state index in [0.29, 0.717) is 50.0 Å². The van der Waals surface area contributed by atoms with Crippen LogP contribution in [0.25, 0.3) is 0 Å². The van der Waals surface area contributed by atoms with Gasteiger partial charge in [0, 0.05) is 67.1 Å². The van der Waals surface area contributed by atoms with Crippen LogP contribution in [0.5, 0.6) is 17.2 Å². The number of Topliss-reactive ketones (excluding diaryl/α,β-unsaturated/α-hetero) is 1. The molecule has 0 unspecified atom stereocenters. The molecule has 1 N–H and O–H groups in total. The lowest BCUT2D eigenvalue weighted by Crippen LogP contribution is -2.69. The van der Waals surface area contributed by atoms with E-state index in [9.17, 15) is 19.5 Å². The molecule has 2 heterocycles. The number of nitrogens with zero attached hydrogens (tertiary/aromatic N) is 2. The highest BCUT2D eigenvalue weighted by Crippen LogP contribution is 2.65. The van der Waals surface area contributed by atoms with E-state index in [4.69, 9.17) is 9.47 Å². The molecule has 1 amide bonds. The van der Waals surface area contributed by atoms with Gasteiger partial charge in [-0.1, -0.05) is 66.7 Å². The summed E-state index contributed by atoms with van der Waals surface area (Å²) in [5, 5.41) is 11.4. The van der Waals surface area contributed by atoms with Gasteiger partial charge < -0.3 is 19.5 Å². The number of hydrogen-bond donors (Lipinski definition) is 1. The van der Waals surface area contributed by atoms with Crippen LogP contribution in [0, 0.1) is 5.92 Å². The van der Waals surface area contributed by atoms with Gasteiger partial charge in [0.15, 0.2) is 17.3 Å². The van der Waals surface area contributed by atoms with E-state index in [-0.39, 0.29) is 47.3 Å². The highest BCUT2D eigenvalue weighted by Gasteiger charge is 2.67. The molecule has 8 heteroatoms. The van der Waals surface area contributed by atoms with Gasteiger partial charge in [-0.25, -0.2) is 0 Å². The van der Waals surface area contributed by atoms with Crippen LogP contribution in [0.2, 0.25) is 0 Å². The third-order valence-electron chi connectivity index (χ3n) is 11.7. The fourth-order valence-corrected chi connectivity index (χ4v) is 9.64. The van der Waals surface area contributed by atoms with E-state index >= 15 is 0 Å². The lowest BCUT2D eigenvalue weighted by Gasteiger charge is -2.60. The first kappa shape index (κ1) is 34.0. The number of phenolic OH excluding ortho intramolecular Hbond substituents is 1. The van der Waals surface area contributed by atoms with Crippen LogP contribution >= 0.6 is 0 Å². The summed E-state index contributed by atoms with van der Waals surface area (Å²) in [6, 6.07) is 21.3. The number of hydrogen-bond acceptors (Lipinski definition) is 7. The maximum atomic E-state index is 14.4. The Morgan fingerprint density at radius 2 is 1.78 bits per heavy atom. The fourth-order valence-electron chi connectivity index (χ4n) is 9.64. The van der Waals surface area contributed by atoms with Gasteiger partial charge in [0.2, 0.25) is 5.91 Å². The number of carbonyl (C=O) groups excluding carboxylic acids is 3. The quantitative estimate of drug-likeness (QED) is 0.0659. The van der Waals surface area contributed by atoms with Crippen LogP contribution in [0.3, 0.4) is 0 Å². The Bertz CT molecular complexity index is 1740. The van der Waals surface area contributed by atoms with Gasteiger partial charge in [0.1, 0.15) is 11.9 Å². The van der Waals surface area contributed by atoms with Gasteiger partial charge in [-0.2, -0.15) is 0 Å². The minimum atomic E-state index is -0.470. The average molecular weight is 677 g/mol. The molecule has 0 aromatic heterocycles. The van der Waals surface area contributed by atoms with Crippen molar-refractivity contribution in [1.82, 2.24) is 9.80 Å². The molecule has 1 saturated carbocycles. The molecule has 2 aliphatic carbocycles. The maximum absolute atomic E-state index is 14.4. The average Bonchev–Trinajstić information content (AvgIpc) is 3.46. The lowest BCUT2D eigenvalue weighted by atomic mass is 9.50.